The van der Waals surface area contributed by atoms with E-state index in [0.29, 0.717) is 24.3 Å². The van der Waals surface area contributed by atoms with Crippen molar-refractivity contribution in [1.29, 1.82) is 0 Å². The second kappa shape index (κ2) is 5.35. The Morgan fingerprint density at radius 1 is 1.57 bits per heavy atom. The molecule has 0 aromatic heterocycles. The van der Waals surface area contributed by atoms with Gasteiger partial charge in [0.25, 0.3) is 0 Å². The predicted molar refractivity (Wildman–Crippen MR) is 58.1 cm³/mol. The van der Waals surface area contributed by atoms with Crippen LogP contribution in [-0.2, 0) is 4.79 Å². The number of nitrogens with zero attached hydrogens (tertiary/aromatic N) is 1. The normalized spacial score (nSPS) is 22.0. The standard InChI is InChI=1S/C11H22N2O/c1-9(2)10-5-4-8-13(10)11(14)6-7-12-3/h9-10,12H,4-8H2,1-3H3. The molecule has 3 nitrogen and oxygen atoms in total. The molecule has 0 spiro atoms. The van der Waals surface area contributed by atoms with Crippen molar-refractivity contribution in [3.63, 3.8) is 0 Å². The third-order valence-corrected chi connectivity index (χ3v) is 2.98. The lowest BCUT2D eigenvalue weighted by Crippen LogP contribution is -2.39. The first-order chi connectivity index (χ1) is 6.66. The highest BCUT2D eigenvalue weighted by Gasteiger charge is 2.29. The highest BCUT2D eigenvalue weighted by molar-refractivity contribution is 5.77. The summed E-state index contributed by atoms with van der Waals surface area (Å²) >= 11 is 0. The minimum absolute atomic E-state index is 0.315. The van der Waals surface area contributed by atoms with Crippen LogP contribution in [0.2, 0.25) is 0 Å². The van der Waals surface area contributed by atoms with Gasteiger partial charge < -0.3 is 10.2 Å². The smallest absolute Gasteiger partial charge is 0.224 e. The summed E-state index contributed by atoms with van der Waals surface area (Å²) in [5.41, 5.74) is 0. The van der Waals surface area contributed by atoms with E-state index in [4.69, 9.17) is 0 Å². The first-order valence-electron chi connectivity index (χ1n) is 5.61. The van der Waals surface area contributed by atoms with E-state index < -0.39 is 0 Å². The van der Waals surface area contributed by atoms with Crippen LogP contribution in [0.25, 0.3) is 0 Å². The van der Waals surface area contributed by atoms with Crippen molar-refractivity contribution in [2.24, 2.45) is 5.92 Å². The van der Waals surface area contributed by atoms with Crippen LogP contribution in [0, 0.1) is 5.92 Å². The number of hydrogen-bond acceptors (Lipinski definition) is 2. The van der Waals surface area contributed by atoms with E-state index >= 15 is 0 Å². The molecule has 82 valence electrons. The molecular weight excluding hydrogens is 176 g/mol. The Morgan fingerprint density at radius 2 is 2.29 bits per heavy atom. The molecule has 0 aromatic carbocycles. The molecule has 14 heavy (non-hydrogen) atoms. The summed E-state index contributed by atoms with van der Waals surface area (Å²) < 4.78 is 0. The lowest BCUT2D eigenvalue weighted by molar-refractivity contribution is -0.132. The lowest BCUT2D eigenvalue weighted by atomic mass is 10.0. The Balaban J connectivity index is 2.45. The zero-order chi connectivity index (χ0) is 10.6. The molecule has 1 aliphatic heterocycles. The summed E-state index contributed by atoms with van der Waals surface area (Å²) in [5, 5.41) is 3.02. The third kappa shape index (κ3) is 2.71. The highest BCUT2D eigenvalue weighted by atomic mass is 16.2. The van der Waals surface area contributed by atoms with Crippen molar-refractivity contribution in [2.45, 2.75) is 39.2 Å². The fraction of sp³-hybridized carbons (Fsp3) is 0.909. The minimum atomic E-state index is 0.315. The van der Waals surface area contributed by atoms with Gasteiger partial charge in [-0.1, -0.05) is 13.8 Å². The van der Waals surface area contributed by atoms with E-state index in [2.05, 4.69) is 24.1 Å². The van der Waals surface area contributed by atoms with Crippen LogP contribution in [0.3, 0.4) is 0 Å². The molecule has 0 bridgehead atoms. The molecular formula is C11H22N2O. The lowest BCUT2D eigenvalue weighted by Gasteiger charge is -2.27. The monoisotopic (exact) mass is 198 g/mol. The number of nitrogens with one attached hydrogen (secondary N) is 1. The Morgan fingerprint density at radius 3 is 2.86 bits per heavy atom. The summed E-state index contributed by atoms with van der Waals surface area (Å²) in [5.74, 6) is 0.909. The van der Waals surface area contributed by atoms with E-state index in [1.165, 1.54) is 12.8 Å². The minimum Gasteiger partial charge on any atom is -0.339 e. The van der Waals surface area contributed by atoms with E-state index in [1.54, 1.807) is 0 Å². The van der Waals surface area contributed by atoms with Crippen LogP contribution in [0.4, 0.5) is 0 Å². The maximum Gasteiger partial charge on any atom is 0.224 e. The van der Waals surface area contributed by atoms with Crippen LogP contribution in [-0.4, -0.2) is 37.0 Å². The van der Waals surface area contributed by atoms with Gasteiger partial charge in [0.15, 0.2) is 0 Å². The van der Waals surface area contributed by atoms with Crippen molar-refractivity contribution in [3.05, 3.63) is 0 Å². The number of carbonyl (C=O) groups excluding carboxylic acids is 1. The Hall–Kier alpha value is -0.570. The first-order valence-corrected chi connectivity index (χ1v) is 5.61. The van der Waals surface area contributed by atoms with Crippen molar-refractivity contribution in [1.82, 2.24) is 10.2 Å². The molecule has 0 saturated carbocycles. The average Bonchev–Trinajstić information content (AvgIpc) is 2.62. The van der Waals surface area contributed by atoms with Crippen LogP contribution >= 0.6 is 0 Å². The van der Waals surface area contributed by atoms with Crippen molar-refractivity contribution in [3.8, 4) is 0 Å². The highest BCUT2D eigenvalue weighted by Crippen LogP contribution is 2.24. The number of likely N-dealkylation sites (tertiary alicyclic amines) is 1. The predicted octanol–water partition coefficient (Wildman–Crippen LogP) is 1.24. The van der Waals surface area contributed by atoms with Gasteiger partial charge in [-0.2, -0.15) is 0 Å². The SMILES string of the molecule is CNCCC(=O)N1CCCC1C(C)C. The molecule has 1 saturated heterocycles. The van der Waals surface area contributed by atoms with Gasteiger partial charge in [0.1, 0.15) is 0 Å². The Kier molecular flexibility index (Phi) is 4.39. The topological polar surface area (TPSA) is 32.3 Å². The third-order valence-electron chi connectivity index (χ3n) is 2.98. The Bertz CT molecular complexity index is 192. The van der Waals surface area contributed by atoms with Crippen LogP contribution in [0.15, 0.2) is 0 Å². The fourth-order valence-corrected chi connectivity index (χ4v) is 2.17. The summed E-state index contributed by atoms with van der Waals surface area (Å²) in [6.45, 7) is 6.16. The van der Waals surface area contributed by atoms with Crippen molar-refractivity contribution in [2.75, 3.05) is 20.1 Å². The molecule has 1 fully saturated rings. The first kappa shape index (κ1) is 11.5. The molecule has 1 unspecified atom stereocenters. The largest absolute Gasteiger partial charge is 0.339 e. The van der Waals surface area contributed by atoms with Crippen LogP contribution in [0.1, 0.15) is 33.1 Å². The van der Waals surface area contributed by atoms with Gasteiger partial charge in [0, 0.05) is 25.6 Å². The molecule has 1 amide bonds. The van der Waals surface area contributed by atoms with E-state index in [9.17, 15) is 4.79 Å². The summed E-state index contributed by atoms with van der Waals surface area (Å²) in [6, 6.07) is 0.486. The quantitative estimate of drug-likeness (QED) is 0.737. The molecule has 1 aliphatic rings. The van der Waals surface area contributed by atoms with Gasteiger partial charge in [-0.05, 0) is 25.8 Å². The zero-order valence-electron chi connectivity index (χ0n) is 9.55. The second-order valence-corrected chi connectivity index (χ2v) is 4.39. The van der Waals surface area contributed by atoms with Gasteiger partial charge in [0.2, 0.25) is 5.91 Å². The number of carbonyl (C=O) groups is 1. The number of rotatable bonds is 4. The van der Waals surface area contributed by atoms with E-state index in [-0.39, 0.29) is 0 Å². The maximum absolute atomic E-state index is 11.8. The molecule has 0 aromatic rings. The molecule has 1 N–H and O–H groups in total. The molecule has 0 radical (unpaired) electrons. The van der Waals surface area contributed by atoms with E-state index in [1.807, 2.05) is 7.05 Å². The molecule has 1 rings (SSSR count). The molecule has 3 heteroatoms. The zero-order valence-corrected chi connectivity index (χ0v) is 9.55. The van der Waals surface area contributed by atoms with Gasteiger partial charge in [-0.25, -0.2) is 0 Å². The fourth-order valence-electron chi connectivity index (χ4n) is 2.17. The molecule has 0 aliphatic carbocycles. The van der Waals surface area contributed by atoms with Crippen molar-refractivity contribution >= 4 is 5.91 Å². The van der Waals surface area contributed by atoms with Crippen molar-refractivity contribution < 1.29 is 4.79 Å². The molecule has 1 atom stereocenters. The van der Waals surface area contributed by atoms with Crippen LogP contribution < -0.4 is 5.32 Å². The summed E-state index contributed by atoms with van der Waals surface area (Å²) in [6.07, 6.45) is 3.00. The van der Waals surface area contributed by atoms with Gasteiger partial charge in [0.05, 0.1) is 0 Å². The number of amides is 1. The summed E-state index contributed by atoms with van der Waals surface area (Å²) in [4.78, 5) is 13.9. The number of hydrogen-bond donors (Lipinski definition) is 1. The van der Waals surface area contributed by atoms with E-state index in [0.717, 1.165) is 13.1 Å². The van der Waals surface area contributed by atoms with Gasteiger partial charge >= 0.3 is 0 Å². The molecule has 1 heterocycles. The Labute approximate surface area is 86.9 Å². The summed E-state index contributed by atoms with van der Waals surface area (Å²) in [7, 11) is 1.89. The second-order valence-electron chi connectivity index (χ2n) is 4.39. The van der Waals surface area contributed by atoms with Gasteiger partial charge in [-0.15, -0.1) is 0 Å². The average molecular weight is 198 g/mol. The maximum atomic E-state index is 11.8. The van der Waals surface area contributed by atoms with Crippen LogP contribution in [0.5, 0.6) is 0 Å². The van der Waals surface area contributed by atoms with Gasteiger partial charge in [-0.3, -0.25) is 4.79 Å².